The molecule has 1 saturated heterocycles. The van der Waals surface area contributed by atoms with E-state index in [0.717, 1.165) is 37.7 Å². The monoisotopic (exact) mass is 516 g/mol. The van der Waals surface area contributed by atoms with Crippen LogP contribution in [0.25, 0.3) is 0 Å². The lowest BCUT2D eigenvalue weighted by Crippen LogP contribution is -2.46. The number of carbonyl (C=O) groups excluding carboxylic acids is 2. The fraction of sp³-hybridized carbons (Fsp3) is 0.348. The van der Waals surface area contributed by atoms with Gasteiger partial charge in [0.15, 0.2) is 5.13 Å². The van der Waals surface area contributed by atoms with E-state index in [1.54, 1.807) is 24.4 Å². The van der Waals surface area contributed by atoms with Crippen molar-refractivity contribution in [1.29, 1.82) is 0 Å². The van der Waals surface area contributed by atoms with Crippen LogP contribution in [0.1, 0.15) is 12.6 Å². The Bertz CT molecular complexity index is 1150. The molecule has 1 amide bonds. The first-order chi connectivity index (χ1) is 17.0. The molecule has 1 aromatic carbocycles. The maximum Gasteiger partial charge on any atom is 0.311 e. The highest BCUT2D eigenvalue weighted by Crippen LogP contribution is 2.23. The van der Waals surface area contributed by atoms with Crippen LogP contribution in [0.2, 0.25) is 0 Å². The number of thiazole rings is 1. The standard InChI is InChI=1S/C23H25FN6O3S2/c1-2-33-22(32)11-17-13-35-23(27-17)28-20(31)14-34-21-12-19(25-15-26-21)30-9-7-29(8-10-30)18-5-3-16(24)4-6-18/h3-6,12-13,15H,2,7-11,14H2,1H3,(H,27,28,31). The van der Waals surface area contributed by atoms with E-state index < -0.39 is 0 Å². The van der Waals surface area contributed by atoms with E-state index in [9.17, 15) is 14.0 Å². The fourth-order valence-electron chi connectivity index (χ4n) is 3.53. The number of hydrogen-bond acceptors (Lipinski definition) is 10. The zero-order valence-electron chi connectivity index (χ0n) is 19.1. The molecule has 1 aliphatic heterocycles. The molecule has 0 atom stereocenters. The second-order valence-corrected chi connectivity index (χ2v) is 9.48. The first kappa shape index (κ1) is 24.9. The number of anilines is 3. The molecule has 0 saturated carbocycles. The number of carbonyl (C=O) groups is 2. The number of nitrogens with zero attached hydrogens (tertiary/aromatic N) is 5. The van der Waals surface area contributed by atoms with Gasteiger partial charge >= 0.3 is 5.97 Å². The van der Waals surface area contributed by atoms with E-state index in [-0.39, 0.29) is 29.9 Å². The molecule has 2 aromatic heterocycles. The van der Waals surface area contributed by atoms with Crippen molar-refractivity contribution in [2.45, 2.75) is 18.4 Å². The Kier molecular flexibility index (Phi) is 8.48. The third-order valence-corrected chi connectivity index (χ3v) is 6.94. The van der Waals surface area contributed by atoms with Crippen LogP contribution < -0.4 is 15.1 Å². The molecular weight excluding hydrogens is 491 g/mol. The van der Waals surface area contributed by atoms with Gasteiger partial charge in [0.05, 0.1) is 24.5 Å². The van der Waals surface area contributed by atoms with E-state index in [4.69, 9.17) is 4.74 Å². The second-order valence-electron chi connectivity index (χ2n) is 7.63. The van der Waals surface area contributed by atoms with E-state index in [2.05, 4.69) is 30.1 Å². The molecule has 3 heterocycles. The molecule has 1 aliphatic rings. The van der Waals surface area contributed by atoms with E-state index in [1.165, 1.54) is 41.6 Å². The number of thioether (sulfide) groups is 1. The topological polar surface area (TPSA) is 101 Å². The Labute approximate surface area is 210 Å². The Morgan fingerprint density at radius 1 is 1.14 bits per heavy atom. The molecule has 1 fully saturated rings. The van der Waals surface area contributed by atoms with Crippen LogP contribution in [0.3, 0.4) is 0 Å². The lowest BCUT2D eigenvalue weighted by atomic mass is 10.2. The number of nitrogens with one attached hydrogen (secondary N) is 1. The van der Waals surface area contributed by atoms with Crippen LogP contribution in [0.5, 0.6) is 0 Å². The molecule has 0 bridgehead atoms. The second kappa shape index (κ2) is 11.9. The number of aromatic nitrogens is 3. The highest BCUT2D eigenvalue weighted by Gasteiger charge is 2.19. The molecule has 0 unspecified atom stereocenters. The number of halogens is 1. The number of benzene rings is 1. The molecule has 184 valence electrons. The van der Waals surface area contributed by atoms with Crippen molar-refractivity contribution in [1.82, 2.24) is 15.0 Å². The molecule has 3 aromatic rings. The van der Waals surface area contributed by atoms with Gasteiger partial charge in [0.1, 0.15) is 23.0 Å². The molecule has 0 aliphatic carbocycles. The van der Waals surface area contributed by atoms with E-state index >= 15 is 0 Å². The normalized spacial score (nSPS) is 13.5. The van der Waals surface area contributed by atoms with Crippen LogP contribution in [0.4, 0.5) is 21.0 Å². The van der Waals surface area contributed by atoms with Crippen molar-refractivity contribution in [3.63, 3.8) is 0 Å². The summed E-state index contributed by atoms with van der Waals surface area (Å²) in [6.45, 7) is 5.22. The lowest BCUT2D eigenvalue weighted by Gasteiger charge is -2.36. The summed E-state index contributed by atoms with van der Waals surface area (Å²) in [5, 5.41) is 5.62. The van der Waals surface area contributed by atoms with Crippen LogP contribution in [-0.2, 0) is 20.7 Å². The van der Waals surface area contributed by atoms with E-state index in [1.807, 2.05) is 6.07 Å². The maximum absolute atomic E-state index is 13.2. The van der Waals surface area contributed by atoms with Crippen molar-refractivity contribution in [2.24, 2.45) is 0 Å². The van der Waals surface area contributed by atoms with Gasteiger partial charge in [0.25, 0.3) is 0 Å². The van der Waals surface area contributed by atoms with Gasteiger partial charge in [-0.2, -0.15) is 0 Å². The van der Waals surface area contributed by atoms with Gasteiger partial charge in [-0.25, -0.2) is 19.3 Å². The van der Waals surface area contributed by atoms with Gasteiger partial charge in [-0.15, -0.1) is 11.3 Å². The predicted octanol–water partition coefficient (Wildman–Crippen LogP) is 3.24. The number of hydrogen-bond donors (Lipinski definition) is 1. The number of ether oxygens (including phenoxy) is 1. The number of esters is 1. The summed E-state index contributed by atoms with van der Waals surface area (Å²) in [7, 11) is 0. The Morgan fingerprint density at radius 3 is 2.63 bits per heavy atom. The first-order valence-corrected chi connectivity index (χ1v) is 13.0. The third-order valence-electron chi connectivity index (χ3n) is 5.20. The largest absolute Gasteiger partial charge is 0.466 e. The summed E-state index contributed by atoms with van der Waals surface area (Å²) < 4.78 is 18.1. The van der Waals surface area contributed by atoms with Crippen molar-refractivity contribution in [3.05, 3.63) is 53.6 Å². The van der Waals surface area contributed by atoms with Gasteiger partial charge < -0.3 is 19.9 Å². The van der Waals surface area contributed by atoms with Crippen molar-refractivity contribution in [2.75, 3.05) is 53.7 Å². The summed E-state index contributed by atoms with van der Waals surface area (Å²) in [5.41, 5.74) is 1.57. The molecule has 1 N–H and O–H groups in total. The van der Waals surface area contributed by atoms with Crippen molar-refractivity contribution in [3.8, 4) is 0 Å². The van der Waals surface area contributed by atoms with Crippen molar-refractivity contribution >= 4 is 51.6 Å². The van der Waals surface area contributed by atoms with E-state index in [0.29, 0.717) is 22.5 Å². The van der Waals surface area contributed by atoms with Crippen LogP contribution in [0.15, 0.2) is 47.1 Å². The number of amides is 1. The Balaban J connectivity index is 1.25. The van der Waals surface area contributed by atoms with Crippen LogP contribution in [0, 0.1) is 5.82 Å². The minimum atomic E-state index is -0.345. The third kappa shape index (κ3) is 7.12. The minimum absolute atomic E-state index is 0.0802. The zero-order chi connectivity index (χ0) is 24.6. The molecular formula is C23H25FN6O3S2. The minimum Gasteiger partial charge on any atom is -0.466 e. The number of rotatable bonds is 9. The Morgan fingerprint density at radius 2 is 1.89 bits per heavy atom. The molecule has 12 heteroatoms. The molecule has 35 heavy (non-hydrogen) atoms. The van der Waals surface area contributed by atoms with Gasteiger partial charge in [-0.1, -0.05) is 11.8 Å². The Hall–Kier alpha value is -3.25. The summed E-state index contributed by atoms with van der Waals surface area (Å²) in [6.07, 6.45) is 1.58. The molecule has 0 spiro atoms. The lowest BCUT2D eigenvalue weighted by molar-refractivity contribution is -0.142. The summed E-state index contributed by atoms with van der Waals surface area (Å²) in [4.78, 5) is 41.2. The zero-order valence-corrected chi connectivity index (χ0v) is 20.8. The smallest absolute Gasteiger partial charge is 0.311 e. The van der Waals surface area contributed by atoms with Gasteiger partial charge in [-0.05, 0) is 31.2 Å². The molecule has 0 radical (unpaired) electrons. The average Bonchev–Trinajstić information content (AvgIpc) is 3.30. The summed E-state index contributed by atoms with van der Waals surface area (Å²) >= 11 is 2.58. The van der Waals surface area contributed by atoms with Crippen LogP contribution in [-0.4, -0.2) is 65.4 Å². The number of piperazine rings is 1. The highest BCUT2D eigenvalue weighted by atomic mass is 32.2. The SMILES string of the molecule is CCOC(=O)Cc1csc(NC(=O)CSc2cc(N3CCN(c4ccc(F)cc4)CC3)ncn2)n1. The predicted molar refractivity (Wildman–Crippen MR) is 135 cm³/mol. The maximum atomic E-state index is 13.2. The van der Waals surface area contributed by atoms with Crippen molar-refractivity contribution < 1.29 is 18.7 Å². The van der Waals surface area contributed by atoms with Gasteiger partial charge in [-0.3, -0.25) is 9.59 Å². The molecule has 4 rings (SSSR count). The fourth-order valence-corrected chi connectivity index (χ4v) is 4.92. The van der Waals surface area contributed by atoms with Crippen LogP contribution >= 0.6 is 23.1 Å². The highest BCUT2D eigenvalue weighted by molar-refractivity contribution is 7.99. The summed E-state index contributed by atoms with van der Waals surface area (Å²) in [6, 6.07) is 8.42. The van der Waals surface area contributed by atoms with Gasteiger partial charge in [0.2, 0.25) is 5.91 Å². The summed E-state index contributed by atoms with van der Waals surface area (Å²) in [5.74, 6) is 0.187. The molecule has 9 nitrogen and oxygen atoms in total. The first-order valence-electron chi connectivity index (χ1n) is 11.1. The average molecular weight is 517 g/mol. The van der Waals surface area contributed by atoms with Gasteiger partial charge in [0, 0.05) is 43.3 Å². The quantitative estimate of drug-likeness (QED) is 0.261.